The number of ether oxygens (including phenoxy) is 1. The summed E-state index contributed by atoms with van der Waals surface area (Å²) >= 11 is 0. The highest BCUT2D eigenvalue weighted by Crippen LogP contribution is 2.13. The van der Waals surface area contributed by atoms with Crippen LogP contribution in [0.2, 0.25) is 0 Å². The van der Waals surface area contributed by atoms with Gasteiger partial charge in [-0.3, -0.25) is 4.79 Å². The lowest BCUT2D eigenvalue weighted by molar-refractivity contribution is 0.0706. The Labute approximate surface area is 100 Å². The number of likely N-dealkylation sites (N-methyl/N-ethyl adjacent to an activating group) is 1. The number of nitrogen functional groups attached to an aromatic ring is 1. The minimum Gasteiger partial charge on any atom is -0.399 e. The molecule has 5 heteroatoms. The first-order chi connectivity index (χ1) is 8.08. The lowest BCUT2D eigenvalue weighted by Crippen LogP contribution is -2.33. The number of carbonyl (C=O) groups excluding carboxylic acids is 1. The number of nitrogens with two attached hydrogens (primary N) is 1. The lowest BCUT2D eigenvalue weighted by Gasteiger charge is -2.20. The first-order valence-electron chi connectivity index (χ1n) is 5.42. The van der Waals surface area contributed by atoms with Gasteiger partial charge in [-0.25, -0.2) is 4.39 Å². The van der Waals surface area contributed by atoms with Gasteiger partial charge in [-0.2, -0.15) is 0 Å². The number of hydrogen-bond acceptors (Lipinski definition) is 3. The number of carbonyl (C=O) groups is 1. The van der Waals surface area contributed by atoms with E-state index in [1.54, 1.807) is 12.0 Å². The molecule has 0 atom stereocenters. The van der Waals surface area contributed by atoms with Crippen LogP contribution in [0.4, 0.5) is 10.1 Å². The molecule has 0 fully saturated rings. The van der Waals surface area contributed by atoms with Gasteiger partial charge < -0.3 is 15.4 Å². The van der Waals surface area contributed by atoms with E-state index >= 15 is 0 Å². The molecule has 4 nitrogen and oxygen atoms in total. The maximum absolute atomic E-state index is 13.1. The van der Waals surface area contributed by atoms with Gasteiger partial charge in [0.1, 0.15) is 5.82 Å². The quantitative estimate of drug-likeness (QED) is 0.794. The van der Waals surface area contributed by atoms with Crippen LogP contribution in [-0.2, 0) is 4.74 Å². The number of benzene rings is 1. The Morgan fingerprint density at radius 3 is 2.71 bits per heavy atom. The summed E-state index contributed by atoms with van der Waals surface area (Å²) < 4.78 is 18.0. The second kappa shape index (κ2) is 6.20. The van der Waals surface area contributed by atoms with Gasteiger partial charge in [0.2, 0.25) is 0 Å². The van der Waals surface area contributed by atoms with Gasteiger partial charge in [0.25, 0.3) is 5.91 Å². The molecule has 0 radical (unpaired) electrons. The number of halogens is 1. The topological polar surface area (TPSA) is 55.6 Å². The molecule has 2 N–H and O–H groups in total. The number of hydrogen-bond donors (Lipinski definition) is 1. The smallest absolute Gasteiger partial charge is 0.254 e. The van der Waals surface area contributed by atoms with Crippen LogP contribution in [-0.4, -0.2) is 37.6 Å². The first kappa shape index (κ1) is 13.4. The van der Waals surface area contributed by atoms with Gasteiger partial charge in [0.05, 0.1) is 6.61 Å². The van der Waals surface area contributed by atoms with Gasteiger partial charge in [0.15, 0.2) is 0 Å². The highest BCUT2D eigenvalue weighted by Gasteiger charge is 2.15. The molecule has 94 valence electrons. The summed E-state index contributed by atoms with van der Waals surface area (Å²) in [5.41, 5.74) is 6.01. The molecule has 0 saturated carbocycles. The number of anilines is 1. The average Bonchev–Trinajstić information content (AvgIpc) is 2.28. The van der Waals surface area contributed by atoms with Crippen LogP contribution in [0, 0.1) is 5.82 Å². The van der Waals surface area contributed by atoms with E-state index in [9.17, 15) is 9.18 Å². The Morgan fingerprint density at radius 2 is 2.18 bits per heavy atom. The monoisotopic (exact) mass is 240 g/mol. The third-order valence-electron chi connectivity index (χ3n) is 2.40. The van der Waals surface area contributed by atoms with Crippen LogP contribution in [0.1, 0.15) is 17.3 Å². The summed E-state index contributed by atoms with van der Waals surface area (Å²) in [4.78, 5) is 13.6. The molecule has 0 bridgehead atoms. The molecular formula is C12H17FN2O2. The molecule has 0 aromatic heterocycles. The van der Waals surface area contributed by atoms with Crippen molar-refractivity contribution in [1.82, 2.24) is 4.90 Å². The summed E-state index contributed by atoms with van der Waals surface area (Å²) in [5.74, 6) is -0.744. The maximum Gasteiger partial charge on any atom is 0.254 e. The van der Waals surface area contributed by atoms with E-state index in [0.717, 1.165) is 0 Å². The van der Waals surface area contributed by atoms with E-state index in [1.807, 2.05) is 6.92 Å². The Kier molecular flexibility index (Phi) is 4.90. The highest BCUT2D eigenvalue weighted by atomic mass is 19.1. The van der Waals surface area contributed by atoms with Crippen LogP contribution in [0.25, 0.3) is 0 Å². The van der Waals surface area contributed by atoms with Crippen LogP contribution in [0.5, 0.6) is 0 Å². The van der Waals surface area contributed by atoms with Gasteiger partial charge >= 0.3 is 0 Å². The molecule has 0 unspecified atom stereocenters. The summed E-state index contributed by atoms with van der Waals surface area (Å²) in [6, 6.07) is 3.84. The third-order valence-corrected chi connectivity index (χ3v) is 2.40. The summed E-state index contributed by atoms with van der Waals surface area (Å²) in [5, 5.41) is 0. The standard InChI is InChI=1S/C12H17FN2O2/c1-3-15(4-5-17-2)12(16)9-6-10(13)8-11(14)7-9/h6-8H,3-5,14H2,1-2H3. The molecule has 1 aromatic carbocycles. The first-order valence-corrected chi connectivity index (χ1v) is 5.42. The molecule has 17 heavy (non-hydrogen) atoms. The summed E-state index contributed by atoms with van der Waals surface area (Å²) in [7, 11) is 1.57. The predicted octanol–water partition coefficient (Wildman–Crippen LogP) is 1.52. The number of methoxy groups -OCH3 is 1. The average molecular weight is 240 g/mol. The molecule has 0 aliphatic heterocycles. The van der Waals surface area contributed by atoms with Crippen LogP contribution < -0.4 is 5.73 Å². The Hall–Kier alpha value is -1.62. The Morgan fingerprint density at radius 1 is 1.47 bits per heavy atom. The zero-order chi connectivity index (χ0) is 12.8. The van der Waals surface area contributed by atoms with Crippen LogP contribution in [0.15, 0.2) is 18.2 Å². The van der Waals surface area contributed by atoms with E-state index in [4.69, 9.17) is 10.5 Å². The van der Waals surface area contributed by atoms with E-state index in [2.05, 4.69) is 0 Å². The molecule has 0 spiro atoms. The fourth-order valence-electron chi connectivity index (χ4n) is 1.52. The number of rotatable bonds is 5. The van der Waals surface area contributed by atoms with Crippen molar-refractivity contribution in [3.8, 4) is 0 Å². The van der Waals surface area contributed by atoms with Crippen LogP contribution >= 0.6 is 0 Å². The highest BCUT2D eigenvalue weighted by molar-refractivity contribution is 5.95. The molecule has 0 saturated heterocycles. The largest absolute Gasteiger partial charge is 0.399 e. The van der Waals surface area contributed by atoms with Crippen molar-refractivity contribution in [1.29, 1.82) is 0 Å². The number of nitrogens with zero attached hydrogens (tertiary/aromatic N) is 1. The van der Waals surface area contributed by atoms with Crippen molar-refractivity contribution in [3.63, 3.8) is 0 Å². The third kappa shape index (κ3) is 3.71. The van der Waals surface area contributed by atoms with Gasteiger partial charge in [-0.05, 0) is 25.1 Å². The second-order valence-corrected chi connectivity index (χ2v) is 3.65. The van der Waals surface area contributed by atoms with Gasteiger partial charge in [-0.1, -0.05) is 0 Å². The minimum absolute atomic E-state index is 0.240. The summed E-state index contributed by atoms with van der Waals surface area (Å²) in [6.07, 6.45) is 0. The molecule has 1 amide bonds. The maximum atomic E-state index is 13.1. The van der Waals surface area contributed by atoms with E-state index < -0.39 is 5.82 Å². The van der Waals surface area contributed by atoms with E-state index in [1.165, 1.54) is 18.2 Å². The van der Waals surface area contributed by atoms with Gasteiger partial charge in [0, 0.05) is 31.5 Å². The van der Waals surface area contributed by atoms with Crippen molar-refractivity contribution in [2.24, 2.45) is 0 Å². The normalized spacial score (nSPS) is 10.3. The predicted molar refractivity (Wildman–Crippen MR) is 64.3 cm³/mol. The molecule has 0 heterocycles. The van der Waals surface area contributed by atoms with Crippen molar-refractivity contribution >= 4 is 11.6 Å². The fraction of sp³-hybridized carbons (Fsp3) is 0.417. The molecular weight excluding hydrogens is 223 g/mol. The summed E-state index contributed by atoms with van der Waals surface area (Å²) in [6.45, 7) is 3.32. The molecule has 0 aliphatic carbocycles. The zero-order valence-electron chi connectivity index (χ0n) is 10.1. The van der Waals surface area contributed by atoms with Crippen molar-refractivity contribution in [2.45, 2.75) is 6.92 Å². The minimum atomic E-state index is -0.504. The Balaban J connectivity index is 2.85. The molecule has 1 aromatic rings. The fourth-order valence-corrected chi connectivity index (χ4v) is 1.52. The second-order valence-electron chi connectivity index (χ2n) is 3.65. The number of amides is 1. The van der Waals surface area contributed by atoms with E-state index in [0.29, 0.717) is 19.7 Å². The zero-order valence-corrected chi connectivity index (χ0v) is 10.1. The van der Waals surface area contributed by atoms with Crippen molar-refractivity contribution < 1.29 is 13.9 Å². The molecule has 0 aliphatic rings. The Bertz CT molecular complexity index is 376. The van der Waals surface area contributed by atoms with E-state index in [-0.39, 0.29) is 17.2 Å². The lowest BCUT2D eigenvalue weighted by atomic mass is 10.1. The SMILES string of the molecule is CCN(CCOC)C(=O)c1cc(N)cc(F)c1. The van der Waals surface area contributed by atoms with Gasteiger partial charge in [-0.15, -0.1) is 0 Å². The van der Waals surface area contributed by atoms with Crippen molar-refractivity contribution in [3.05, 3.63) is 29.6 Å². The molecule has 1 rings (SSSR count). The van der Waals surface area contributed by atoms with Crippen LogP contribution in [0.3, 0.4) is 0 Å². The van der Waals surface area contributed by atoms with Crippen molar-refractivity contribution in [2.75, 3.05) is 32.5 Å².